The van der Waals surface area contributed by atoms with Crippen molar-refractivity contribution in [1.29, 1.82) is 0 Å². The maximum atomic E-state index is 13.0. The van der Waals surface area contributed by atoms with Crippen LogP contribution in [-0.4, -0.2) is 49.9 Å². The van der Waals surface area contributed by atoms with Crippen LogP contribution in [0.5, 0.6) is 5.75 Å². The summed E-state index contributed by atoms with van der Waals surface area (Å²) in [6.07, 6.45) is 1.59. The van der Waals surface area contributed by atoms with Gasteiger partial charge in [0.1, 0.15) is 4.90 Å². The Kier molecular flexibility index (Phi) is 8.45. The van der Waals surface area contributed by atoms with Crippen molar-refractivity contribution in [2.45, 2.75) is 23.8 Å². The molecule has 1 heterocycles. The Bertz CT molecular complexity index is 1120. The molecule has 4 N–H and O–H groups in total. The number of aromatic hydroxyl groups is 1. The second-order valence-corrected chi connectivity index (χ2v) is 10.2. The van der Waals surface area contributed by atoms with Gasteiger partial charge in [0.05, 0.1) is 33.0 Å². The highest BCUT2D eigenvalue weighted by Gasteiger charge is 2.32. The van der Waals surface area contributed by atoms with Crippen molar-refractivity contribution < 1.29 is 18.3 Å². The van der Waals surface area contributed by atoms with Crippen LogP contribution in [0.2, 0.25) is 15.1 Å². The average Bonchev–Trinajstić information content (AvgIpc) is 3.14. The summed E-state index contributed by atoms with van der Waals surface area (Å²) in [5.41, 5.74) is 0.484. The second kappa shape index (κ2) is 10.7. The molecule has 1 aliphatic rings. The Balaban J connectivity index is 1.82. The van der Waals surface area contributed by atoms with Gasteiger partial charge >= 0.3 is 0 Å². The summed E-state index contributed by atoms with van der Waals surface area (Å²) in [6.45, 7) is 0.883. The van der Waals surface area contributed by atoms with Gasteiger partial charge in [0.2, 0.25) is 0 Å². The van der Waals surface area contributed by atoms with Crippen molar-refractivity contribution in [3.63, 3.8) is 0 Å². The van der Waals surface area contributed by atoms with Crippen LogP contribution in [-0.2, 0) is 14.8 Å². The molecule has 32 heavy (non-hydrogen) atoms. The van der Waals surface area contributed by atoms with Gasteiger partial charge in [-0.25, -0.2) is 13.4 Å². The van der Waals surface area contributed by atoms with Crippen LogP contribution >= 0.6 is 47.0 Å². The van der Waals surface area contributed by atoms with E-state index in [1.54, 1.807) is 30.3 Å². The lowest BCUT2D eigenvalue weighted by Crippen LogP contribution is -2.46. The highest BCUT2D eigenvalue weighted by molar-refractivity contribution is 7.89. The number of benzene rings is 2. The monoisotopic (exact) mass is 538 g/mol. The van der Waals surface area contributed by atoms with E-state index in [2.05, 4.69) is 15.5 Å². The molecule has 1 saturated heterocycles. The van der Waals surface area contributed by atoms with Crippen molar-refractivity contribution in [2.75, 3.05) is 30.9 Å². The number of halogens is 3. The predicted molar refractivity (Wildman–Crippen MR) is 131 cm³/mol. The van der Waals surface area contributed by atoms with E-state index in [0.717, 1.165) is 12.8 Å². The molecule has 0 unspecified atom stereocenters. The number of rotatable bonds is 7. The topological polar surface area (TPSA) is 103 Å². The van der Waals surface area contributed by atoms with Gasteiger partial charge in [-0.2, -0.15) is 0 Å². The molecule has 2 aromatic carbocycles. The Hall–Kier alpha value is -1.37. The van der Waals surface area contributed by atoms with Crippen LogP contribution in [0.15, 0.2) is 35.2 Å². The molecule has 0 bridgehead atoms. The molecule has 3 rings (SSSR count). The van der Waals surface area contributed by atoms with Gasteiger partial charge in [0, 0.05) is 19.7 Å². The van der Waals surface area contributed by atoms with Crippen LogP contribution in [0, 0.1) is 0 Å². The molecular weight excluding hydrogens is 519 g/mol. The number of hydrogen-bond donors (Lipinski definition) is 4. The van der Waals surface area contributed by atoms with E-state index < -0.39 is 20.7 Å². The first-order chi connectivity index (χ1) is 15.1. The molecule has 1 fully saturated rings. The van der Waals surface area contributed by atoms with Crippen LogP contribution in [0.3, 0.4) is 0 Å². The van der Waals surface area contributed by atoms with E-state index in [1.807, 2.05) is 0 Å². The van der Waals surface area contributed by atoms with Crippen LogP contribution in [0.1, 0.15) is 12.8 Å². The number of phenolic OH excluding ortho intramolecular Hbond substituents is 1. The molecule has 0 amide bonds. The van der Waals surface area contributed by atoms with E-state index in [9.17, 15) is 13.5 Å². The third-order valence-electron chi connectivity index (χ3n) is 4.77. The Morgan fingerprint density at radius 2 is 1.91 bits per heavy atom. The second-order valence-electron chi connectivity index (χ2n) is 6.99. The van der Waals surface area contributed by atoms with Crippen molar-refractivity contribution in [2.24, 2.45) is 0 Å². The molecule has 2 aromatic rings. The predicted octanol–water partition coefficient (Wildman–Crippen LogP) is 4.47. The van der Waals surface area contributed by atoms with E-state index in [1.165, 1.54) is 12.1 Å². The maximum Gasteiger partial charge on any atom is 0.258 e. The summed E-state index contributed by atoms with van der Waals surface area (Å²) < 4.78 is 31.2. The number of ether oxygens (including phenoxy) is 1. The quantitative estimate of drug-likeness (QED) is 0.302. The molecular formula is C19H21Cl3N4O4S2. The number of nitrogens with one attached hydrogen (secondary N) is 3. The minimum atomic E-state index is -4.19. The number of hydrazine groups is 1. The summed E-state index contributed by atoms with van der Waals surface area (Å²) in [5.74, 6) is -0.575. The lowest BCUT2D eigenvalue weighted by atomic mass is 10.2. The SMILES string of the molecule is COC[C@H]1CCCN1NS(=O)(=O)c1c(Cl)ccc(NC(=S)Nc2cccc(Cl)c2Cl)c1O. The fourth-order valence-corrected chi connectivity index (χ4v) is 5.66. The first-order valence-corrected chi connectivity index (χ1v) is 12.5. The third kappa shape index (κ3) is 5.75. The van der Waals surface area contributed by atoms with Crippen molar-refractivity contribution in [3.05, 3.63) is 45.4 Å². The highest BCUT2D eigenvalue weighted by Crippen LogP contribution is 2.37. The zero-order chi connectivity index (χ0) is 23.5. The van der Waals surface area contributed by atoms with Gasteiger partial charge in [-0.3, -0.25) is 0 Å². The fourth-order valence-electron chi connectivity index (χ4n) is 3.30. The number of sulfonamides is 1. The van der Waals surface area contributed by atoms with Gasteiger partial charge in [0.25, 0.3) is 10.0 Å². The lowest BCUT2D eigenvalue weighted by Gasteiger charge is -2.25. The first kappa shape index (κ1) is 25.3. The lowest BCUT2D eigenvalue weighted by molar-refractivity contribution is 0.104. The van der Waals surface area contributed by atoms with Crippen molar-refractivity contribution in [1.82, 2.24) is 9.84 Å². The molecule has 0 aliphatic carbocycles. The highest BCUT2D eigenvalue weighted by atomic mass is 35.5. The molecule has 0 saturated carbocycles. The molecule has 13 heteroatoms. The summed E-state index contributed by atoms with van der Waals surface area (Å²) in [4.78, 5) is 2.03. The van der Waals surface area contributed by atoms with Gasteiger partial charge in [-0.15, -0.1) is 4.83 Å². The standard InChI is InChI=1S/C19H21Cl3N4O4S2/c1-30-10-11-4-3-9-26(11)25-32(28,29)18-13(21)7-8-15(17(18)27)24-19(31)23-14-6-2-5-12(20)16(14)22/h2,5-8,11,25,27H,3-4,9-10H2,1H3,(H2,23,24,31)/t11-/m1/s1. The number of nitrogens with zero attached hydrogens (tertiary/aromatic N) is 1. The summed E-state index contributed by atoms with van der Waals surface area (Å²) in [6, 6.07) is 7.62. The number of thiocarbonyl (C=S) groups is 1. The molecule has 0 aromatic heterocycles. The first-order valence-electron chi connectivity index (χ1n) is 9.45. The normalized spacial score (nSPS) is 16.8. The van der Waals surface area contributed by atoms with Crippen LogP contribution in [0.4, 0.5) is 11.4 Å². The average molecular weight is 540 g/mol. The van der Waals surface area contributed by atoms with Gasteiger partial charge in [0.15, 0.2) is 10.9 Å². The molecule has 174 valence electrons. The summed E-state index contributed by atoms with van der Waals surface area (Å²) >= 11 is 23.5. The van der Waals surface area contributed by atoms with E-state index in [-0.39, 0.29) is 26.9 Å². The third-order valence-corrected chi connectivity index (χ3v) is 7.65. The van der Waals surface area contributed by atoms with E-state index >= 15 is 0 Å². The molecule has 1 aliphatic heterocycles. The Morgan fingerprint density at radius 3 is 2.62 bits per heavy atom. The van der Waals surface area contributed by atoms with Gasteiger partial charge in [-0.1, -0.05) is 40.9 Å². The number of phenols is 1. The van der Waals surface area contributed by atoms with Gasteiger partial charge < -0.3 is 20.5 Å². The summed E-state index contributed by atoms with van der Waals surface area (Å²) in [5, 5.41) is 18.4. The molecule has 1 atom stereocenters. The summed E-state index contributed by atoms with van der Waals surface area (Å²) in [7, 11) is -2.64. The van der Waals surface area contributed by atoms with E-state index in [0.29, 0.717) is 23.9 Å². The van der Waals surface area contributed by atoms with E-state index in [4.69, 9.17) is 51.8 Å². The van der Waals surface area contributed by atoms with Gasteiger partial charge in [-0.05, 0) is 49.3 Å². The minimum absolute atomic E-state index is 0.0419. The number of methoxy groups -OCH3 is 1. The Morgan fingerprint density at radius 1 is 1.19 bits per heavy atom. The largest absolute Gasteiger partial charge is 0.504 e. The van der Waals surface area contributed by atoms with Crippen LogP contribution < -0.4 is 15.5 Å². The number of anilines is 2. The smallest absolute Gasteiger partial charge is 0.258 e. The molecule has 0 radical (unpaired) electrons. The number of hydrogen-bond acceptors (Lipinski definition) is 6. The molecule has 0 spiro atoms. The zero-order valence-electron chi connectivity index (χ0n) is 16.9. The van der Waals surface area contributed by atoms with Crippen molar-refractivity contribution in [3.8, 4) is 5.75 Å². The Labute approximate surface area is 206 Å². The maximum absolute atomic E-state index is 13.0. The minimum Gasteiger partial charge on any atom is -0.504 e. The molecule has 8 nitrogen and oxygen atoms in total. The zero-order valence-corrected chi connectivity index (χ0v) is 20.8. The van der Waals surface area contributed by atoms with Crippen LogP contribution in [0.25, 0.3) is 0 Å². The van der Waals surface area contributed by atoms with Crippen molar-refractivity contribution >= 4 is 73.5 Å². The fraction of sp³-hybridized carbons (Fsp3) is 0.316.